The molecule has 0 aromatic carbocycles. The van der Waals surface area contributed by atoms with E-state index < -0.39 is 0 Å². The molecular weight excluding hydrogens is 371 g/mol. The van der Waals surface area contributed by atoms with Crippen LogP contribution in [-0.4, -0.2) is 57.3 Å². The Morgan fingerprint density at radius 3 is 1.93 bits per heavy atom. The number of rotatable bonds is 9. The van der Waals surface area contributed by atoms with E-state index in [9.17, 15) is 0 Å². The van der Waals surface area contributed by atoms with Gasteiger partial charge in [0.05, 0.1) is 24.4 Å². The van der Waals surface area contributed by atoms with Crippen LogP contribution in [0.25, 0.3) is 0 Å². The van der Waals surface area contributed by atoms with Gasteiger partial charge in [-0.05, 0) is 84.5 Å². The van der Waals surface area contributed by atoms with E-state index in [4.69, 9.17) is 28.3 Å². The van der Waals surface area contributed by atoms with E-state index in [2.05, 4.69) is 33.8 Å². The summed E-state index contributed by atoms with van der Waals surface area (Å²) in [6, 6.07) is 0. The molecule has 0 aromatic heterocycles. The van der Waals surface area contributed by atoms with E-state index >= 15 is 0 Å². The molecular formula is C22H39BO6. The van der Waals surface area contributed by atoms with Crippen LogP contribution in [0.1, 0.15) is 79.1 Å². The van der Waals surface area contributed by atoms with Crippen LogP contribution in [0.2, 0.25) is 0 Å². The molecule has 3 saturated heterocycles. The lowest BCUT2D eigenvalue weighted by atomic mass is 9.75. The number of ether oxygens (including phenoxy) is 4. The van der Waals surface area contributed by atoms with Gasteiger partial charge in [-0.3, -0.25) is 0 Å². The van der Waals surface area contributed by atoms with Gasteiger partial charge in [-0.15, -0.1) is 0 Å². The highest BCUT2D eigenvalue weighted by atomic mass is 16.7. The largest absolute Gasteiger partial charge is 0.490 e. The van der Waals surface area contributed by atoms with Crippen molar-refractivity contribution < 1.29 is 28.3 Å². The predicted octanol–water partition coefficient (Wildman–Crippen LogP) is 4.41. The van der Waals surface area contributed by atoms with Gasteiger partial charge in [-0.25, -0.2) is 0 Å². The Hall–Kier alpha value is -0.435. The summed E-state index contributed by atoms with van der Waals surface area (Å²) in [5.41, 5.74) is 0.417. The molecule has 0 radical (unpaired) electrons. The molecule has 0 amide bonds. The minimum absolute atomic E-state index is 0.0516. The van der Waals surface area contributed by atoms with Crippen molar-refractivity contribution in [3.05, 3.63) is 11.5 Å². The van der Waals surface area contributed by atoms with E-state index in [1.165, 1.54) is 12.8 Å². The minimum Gasteiger partial charge on any atom is -0.400 e. The molecule has 0 bridgehead atoms. The summed E-state index contributed by atoms with van der Waals surface area (Å²) in [7, 11) is -0.346. The first-order chi connectivity index (χ1) is 13.9. The van der Waals surface area contributed by atoms with Crippen LogP contribution in [0.15, 0.2) is 11.5 Å². The summed E-state index contributed by atoms with van der Waals surface area (Å²) < 4.78 is 35.7. The molecule has 166 valence electrons. The zero-order chi connectivity index (χ0) is 20.7. The third-order valence-electron chi connectivity index (χ3n) is 6.35. The molecule has 3 fully saturated rings. The minimum atomic E-state index is -0.351. The van der Waals surface area contributed by atoms with Crippen molar-refractivity contribution in [3.8, 4) is 0 Å². The quantitative estimate of drug-likeness (QED) is 0.415. The van der Waals surface area contributed by atoms with Crippen molar-refractivity contribution in [2.75, 3.05) is 26.4 Å². The monoisotopic (exact) mass is 410 g/mol. The Kier molecular flexibility index (Phi) is 8.60. The summed E-state index contributed by atoms with van der Waals surface area (Å²) >= 11 is 0. The summed E-state index contributed by atoms with van der Waals surface area (Å²) in [5.74, 6) is 0. The molecule has 3 rings (SSSR count). The molecule has 0 aromatic rings. The fourth-order valence-electron chi connectivity index (χ4n) is 3.75. The van der Waals surface area contributed by atoms with Crippen LogP contribution in [0.4, 0.5) is 0 Å². The van der Waals surface area contributed by atoms with Crippen LogP contribution in [-0.2, 0) is 28.3 Å². The van der Waals surface area contributed by atoms with Gasteiger partial charge in [0.15, 0.2) is 12.6 Å². The van der Waals surface area contributed by atoms with E-state index in [1.54, 1.807) is 0 Å². The van der Waals surface area contributed by atoms with Gasteiger partial charge < -0.3 is 28.3 Å². The van der Waals surface area contributed by atoms with Crippen LogP contribution >= 0.6 is 0 Å². The van der Waals surface area contributed by atoms with Gasteiger partial charge in [-0.1, -0.05) is 6.08 Å². The van der Waals surface area contributed by atoms with Gasteiger partial charge >= 0.3 is 7.12 Å². The van der Waals surface area contributed by atoms with E-state index in [0.717, 1.165) is 57.2 Å². The van der Waals surface area contributed by atoms with Gasteiger partial charge in [-0.2, -0.15) is 0 Å². The topological polar surface area (TPSA) is 55.4 Å². The van der Waals surface area contributed by atoms with E-state index in [0.29, 0.717) is 13.2 Å². The molecule has 2 unspecified atom stereocenters. The molecule has 0 saturated carbocycles. The average molecular weight is 410 g/mol. The molecule has 3 aliphatic rings. The first kappa shape index (κ1) is 23.2. The fraction of sp³-hybridized carbons (Fsp3) is 0.909. The Labute approximate surface area is 176 Å². The molecule has 7 heteroatoms. The maximum Gasteiger partial charge on any atom is 0.490 e. The lowest BCUT2D eigenvalue weighted by Crippen LogP contribution is -2.41. The second-order valence-corrected chi connectivity index (χ2v) is 9.24. The second-order valence-electron chi connectivity index (χ2n) is 9.24. The molecule has 3 aliphatic heterocycles. The zero-order valence-corrected chi connectivity index (χ0v) is 18.7. The molecule has 0 aliphatic carbocycles. The molecule has 3 heterocycles. The Bertz CT molecular complexity index is 507. The Morgan fingerprint density at radius 1 is 0.862 bits per heavy atom. The highest BCUT2D eigenvalue weighted by Gasteiger charge is 2.52. The SMILES string of the molecule is CC1(C)OB(C(=CCCOC2CCCCO2)CCOC2CCCCO2)OC1(C)C. The first-order valence-electron chi connectivity index (χ1n) is 11.4. The molecule has 0 N–H and O–H groups in total. The van der Waals surface area contributed by atoms with Gasteiger partial charge in [0.25, 0.3) is 0 Å². The van der Waals surface area contributed by atoms with Crippen LogP contribution in [0.5, 0.6) is 0 Å². The maximum atomic E-state index is 6.27. The van der Waals surface area contributed by atoms with E-state index in [1.807, 2.05) is 0 Å². The first-order valence-corrected chi connectivity index (χ1v) is 11.4. The normalized spacial score (nSPS) is 29.9. The van der Waals surface area contributed by atoms with Crippen molar-refractivity contribution in [1.82, 2.24) is 0 Å². The standard InChI is InChI=1S/C22H39BO6/c1-21(2)22(3,4)29-23(28-21)18(13-17-27-20-12-6-8-15-25-20)10-9-16-26-19-11-5-7-14-24-19/h10,19-20H,5-9,11-17H2,1-4H3. The maximum absolute atomic E-state index is 6.27. The predicted molar refractivity (Wildman–Crippen MR) is 112 cm³/mol. The van der Waals surface area contributed by atoms with Crippen molar-refractivity contribution >= 4 is 7.12 Å². The highest BCUT2D eigenvalue weighted by Crippen LogP contribution is 2.39. The van der Waals surface area contributed by atoms with Crippen LogP contribution in [0.3, 0.4) is 0 Å². The highest BCUT2D eigenvalue weighted by molar-refractivity contribution is 6.54. The van der Waals surface area contributed by atoms with Gasteiger partial charge in [0, 0.05) is 13.2 Å². The van der Waals surface area contributed by atoms with Crippen molar-refractivity contribution in [2.45, 2.75) is 103 Å². The van der Waals surface area contributed by atoms with Crippen molar-refractivity contribution in [2.24, 2.45) is 0 Å². The average Bonchev–Trinajstić information content (AvgIpc) is 2.92. The molecule has 2 atom stereocenters. The zero-order valence-electron chi connectivity index (χ0n) is 18.7. The number of hydrogen-bond acceptors (Lipinski definition) is 6. The Balaban J connectivity index is 1.52. The summed E-state index contributed by atoms with van der Waals surface area (Å²) in [5, 5.41) is 0. The Morgan fingerprint density at radius 2 is 1.41 bits per heavy atom. The second kappa shape index (κ2) is 10.7. The molecule has 6 nitrogen and oxygen atoms in total. The van der Waals surface area contributed by atoms with Crippen LogP contribution in [0, 0.1) is 0 Å². The summed E-state index contributed by atoms with van der Waals surface area (Å²) in [6.45, 7) is 11.2. The van der Waals surface area contributed by atoms with Gasteiger partial charge in [0.2, 0.25) is 0 Å². The van der Waals surface area contributed by atoms with Crippen LogP contribution < -0.4 is 0 Å². The van der Waals surface area contributed by atoms with Crippen molar-refractivity contribution in [3.63, 3.8) is 0 Å². The fourth-order valence-corrected chi connectivity index (χ4v) is 3.75. The third kappa shape index (κ3) is 6.78. The lowest BCUT2D eigenvalue weighted by Gasteiger charge is -2.32. The molecule has 29 heavy (non-hydrogen) atoms. The number of hydrogen-bond donors (Lipinski definition) is 0. The summed E-state index contributed by atoms with van der Waals surface area (Å²) in [4.78, 5) is 0. The lowest BCUT2D eigenvalue weighted by molar-refractivity contribution is -0.162. The van der Waals surface area contributed by atoms with E-state index in [-0.39, 0.29) is 30.9 Å². The smallest absolute Gasteiger partial charge is 0.400 e. The third-order valence-corrected chi connectivity index (χ3v) is 6.35. The molecule has 0 spiro atoms. The van der Waals surface area contributed by atoms with Crippen molar-refractivity contribution in [1.29, 1.82) is 0 Å². The van der Waals surface area contributed by atoms with Gasteiger partial charge in [0.1, 0.15) is 0 Å². The summed E-state index contributed by atoms with van der Waals surface area (Å²) in [6.07, 6.45) is 10.2.